The normalized spacial score (nSPS) is 11.3. The summed E-state index contributed by atoms with van der Waals surface area (Å²) in [4.78, 5) is 17.6. The van der Waals surface area contributed by atoms with Crippen molar-refractivity contribution in [1.29, 1.82) is 0 Å². The van der Waals surface area contributed by atoms with E-state index in [1.165, 1.54) is 0 Å². The summed E-state index contributed by atoms with van der Waals surface area (Å²) in [5.74, 6) is 0.136. The van der Waals surface area contributed by atoms with E-state index in [2.05, 4.69) is 4.98 Å². The van der Waals surface area contributed by atoms with Crippen molar-refractivity contribution in [3.63, 3.8) is 0 Å². The van der Waals surface area contributed by atoms with Crippen molar-refractivity contribution < 1.29 is 4.79 Å². The number of ketones is 1. The zero-order valence-electron chi connectivity index (χ0n) is 9.40. The Bertz CT molecular complexity index is 355. The van der Waals surface area contributed by atoms with Crippen LogP contribution in [0, 0.1) is 0 Å². The lowest BCUT2D eigenvalue weighted by Gasteiger charge is -2.10. The van der Waals surface area contributed by atoms with Gasteiger partial charge in [0, 0.05) is 50.2 Å². The van der Waals surface area contributed by atoms with Crippen LogP contribution in [0.25, 0.3) is 5.57 Å². The molecule has 0 aliphatic carbocycles. The molecule has 0 radical (unpaired) electrons. The number of carbonyl (C=O) groups excluding carboxylic acids is 1. The van der Waals surface area contributed by atoms with E-state index in [-0.39, 0.29) is 5.78 Å². The van der Waals surface area contributed by atoms with E-state index in [1.54, 1.807) is 12.4 Å². The summed E-state index contributed by atoms with van der Waals surface area (Å²) in [5.41, 5.74) is 1.59. The molecule has 3 heteroatoms. The van der Waals surface area contributed by atoms with Crippen LogP contribution in [0.5, 0.6) is 0 Å². The molecule has 1 aromatic heterocycles. The molecule has 0 fully saturated rings. The fourth-order valence-electron chi connectivity index (χ4n) is 1.28. The summed E-state index contributed by atoms with van der Waals surface area (Å²) in [5, 5.41) is 0. The van der Waals surface area contributed by atoms with Gasteiger partial charge in [-0.2, -0.15) is 0 Å². The second-order valence-corrected chi connectivity index (χ2v) is 3.52. The molecule has 0 unspecified atom stereocenters. The Labute approximate surface area is 90.4 Å². The van der Waals surface area contributed by atoms with Crippen LogP contribution in [-0.4, -0.2) is 29.8 Å². The minimum absolute atomic E-state index is 0.136. The van der Waals surface area contributed by atoms with Gasteiger partial charge in [-0.1, -0.05) is 13.0 Å². The van der Waals surface area contributed by atoms with Crippen LogP contribution in [0.1, 0.15) is 18.9 Å². The van der Waals surface area contributed by atoms with Crippen molar-refractivity contribution in [3.8, 4) is 0 Å². The first kappa shape index (κ1) is 11.4. The lowest BCUT2D eigenvalue weighted by Crippen LogP contribution is -2.08. The molecule has 0 bridgehead atoms. The second kappa shape index (κ2) is 5.29. The molecule has 0 aromatic carbocycles. The molecule has 0 saturated heterocycles. The topological polar surface area (TPSA) is 33.2 Å². The van der Waals surface area contributed by atoms with Crippen LogP contribution in [-0.2, 0) is 4.79 Å². The Morgan fingerprint density at radius 3 is 2.73 bits per heavy atom. The average Bonchev–Trinajstić information content (AvgIpc) is 2.26. The number of Topliss-reactive ketones (excluding diaryl/α,β-unsaturated/α-hetero) is 1. The van der Waals surface area contributed by atoms with Gasteiger partial charge in [-0.05, 0) is 6.07 Å². The van der Waals surface area contributed by atoms with Crippen LogP contribution in [0.3, 0.4) is 0 Å². The zero-order valence-corrected chi connectivity index (χ0v) is 9.40. The molecular weight excluding hydrogens is 188 g/mol. The van der Waals surface area contributed by atoms with E-state index < -0.39 is 0 Å². The van der Waals surface area contributed by atoms with E-state index in [9.17, 15) is 4.79 Å². The number of carbonyl (C=O) groups is 1. The van der Waals surface area contributed by atoms with Crippen LogP contribution < -0.4 is 0 Å². The van der Waals surface area contributed by atoms with Gasteiger partial charge in [0.2, 0.25) is 0 Å². The number of rotatable bonds is 4. The maximum absolute atomic E-state index is 11.7. The second-order valence-electron chi connectivity index (χ2n) is 3.52. The van der Waals surface area contributed by atoms with Gasteiger partial charge in [0.25, 0.3) is 0 Å². The quantitative estimate of drug-likeness (QED) is 0.703. The monoisotopic (exact) mass is 204 g/mol. The fraction of sp³-hybridized carbons (Fsp3) is 0.333. The molecule has 0 aliphatic heterocycles. The van der Waals surface area contributed by atoms with Gasteiger partial charge >= 0.3 is 0 Å². The number of allylic oxidation sites excluding steroid dienone is 1. The summed E-state index contributed by atoms with van der Waals surface area (Å²) < 4.78 is 0. The first-order valence-electron chi connectivity index (χ1n) is 4.97. The molecule has 15 heavy (non-hydrogen) atoms. The summed E-state index contributed by atoms with van der Waals surface area (Å²) in [6.45, 7) is 1.86. The van der Waals surface area contributed by atoms with E-state index >= 15 is 0 Å². The van der Waals surface area contributed by atoms with Crippen LogP contribution in [0.4, 0.5) is 0 Å². The largest absolute Gasteiger partial charge is 0.383 e. The molecule has 0 saturated carbocycles. The molecule has 1 heterocycles. The van der Waals surface area contributed by atoms with Crippen molar-refractivity contribution in [2.24, 2.45) is 0 Å². The van der Waals surface area contributed by atoms with Crippen LogP contribution >= 0.6 is 0 Å². The lowest BCUT2D eigenvalue weighted by atomic mass is 10.0. The van der Waals surface area contributed by atoms with Crippen molar-refractivity contribution in [1.82, 2.24) is 9.88 Å². The molecular formula is C12H16N2O. The Morgan fingerprint density at radius 2 is 2.27 bits per heavy atom. The van der Waals surface area contributed by atoms with Gasteiger partial charge in [0.15, 0.2) is 5.78 Å². The molecule has 0 N–H and O–H groups in total. The van der Waals surface area contributed by atoms with E-state index in [4.69, 9.17) is 0 Å². The molecule has 80 valence electrons. The van der Waals surface area contributed by atoms with Crippen LogP contribution in [0.2, 0.25) is 0 Å². The smallest absolute Gasteiger partial charge is 0.164 e. The van der Waals surface area contributed by atoms with Gasteiger partial charge in [-0.3, -0.25) is 9.78 Å². The van der Waals surface area contributed by atoms with Crippen LogP contribution in [0.15, 0.2) is 30.7 Å². The first-order chi connectivity index (χ1) is 7.15. The number of aromatic nitrogens is 1. The van der Waals surface area contributed by atoms with E-state index in [0.717, 1.165) is 11.1 Å². The maximum atomic E-state index is 11.7. The fourth-order valence-corrected chi connectivity index (χ4v) is 1.28. The Hall–Kier alpha value is -1.64. The summed E-state index contributed by atoms with van der Waals surface area (Å²) in [7, 11) is 3.80. The van der Waals surface area contributed by atoms with Gasteiger partial charge in [-0.15, -0.1) is 0 Å². The van der Waals surface area contributed by atoms with Gasteiger partial charge in [-0.25, -0.2) is 0 Å². The highest BCUT2D eigenvalue weighted by molar-refractivity contribution is 6.20. The highest BCUT2D eigenvalue weighted by Crippen LogP contribution is 2.15. The summed E-state index contributed by atoms with van der Waals surface area (Å²) >= 11 is 0. The highest BCUT2D eigenvalue weighted by atomic mass is 16.1. The Balaban J connectivity index is 3.08. The summed E-state index contributed by atoms with van der Waals surface area (Å²) in [6, 6.07) is 3.73. The summed E-state index contributed by atoms with van der Waals surface area (Å²) in [6.07, 6.45) is 5.76. The zero-order chi connectivity index (χ0) is 11.3. The maximum Gasteiger partial charge on any atom is 0.164 e. The predicted molar refractivity (Wildman–Crippen MR) is 61.2 cm³/mol. The molecule has 0 atom stereocenters. The highest BCUT2D eigenvalue weighted by Gasteiger charge is 2.09. The standard InChI is InChI=1S/C12H16N2O/c1-4-12(15)11(9-14(2)3)10-6-5-7-13-8-10/h5-9H,4H2,1-3H3/b11-9-. The van der Waals surface area contributed by atoms with Crippen molar-refractivity contribution in [2.45, 2.75) is 13.3 Å². The molecule has 0 aliphatic rings. The predicted octanol–water partition coefficient (Wildman–Crippen LogP) is 1.96. The number of nitrogens with zero attached hydrogens (tertiary/aromatic N) is 2. The third-order valence-electron chi connectivity index (χ3n) is 1.98. The van der Waals surface area contributed by atoms with Crippen molar-refractivity contribution >= 4 is 11.4 Å². The average molecular weight is 204 g/mol. The number of pyridine rings is 1. The SMILES string of the molecule is CCC(=O)/C(=C\N(C)C)c1cccnc1. The number of hydrogen-bond acceptors (Lipinski definition) is 3. The third-order valence-corrected chi connectivity index (χ3v) is 1.98. The van der Waals surface area contributed by atoms with Gasteiger partial charge < -0.3 is 4.90 Å². The lowest BCUT2D eigenvalue weighted by molar-refractivity contribution is -0.113. The third kappa shape index (κ3) is 3.20. The minimum Gasteiger partial charge on any atom is -0.383 e. The Kier molecular flexibility index (Phi) is 4.03. The molecule has 1 aromatic rings. The van der Waals surface area contributed by atoms with E-state index in [0.29, 0.717) is 6.42 Å². The molecule has 0 amide bonds. The number of hydrogen-bond donors (Lipinski definition) is 0. The molecule has 0 spiro atoms. The van der Waals surface area contributed by atoms with Gasteiger partial charge in [0.1, 0.15) is 0 Å². The van der Waals surface area contributed by atoms with E-state index in [1.807, 2.05) is 44.3 Å². The first-order valence-corrected chi connectivity index (χ1v) is 4.97. The molecule has 3 nitrogen and oxygen atoms in total. The van der Waals surface area contributed by atoms with Gasteiger partial charge in [0.05, 0.1) is 0 Å². The minimum atomic E-state index is 0.136. The molecule has 1 rings (SSSR count). The Morgan fingerprint density at radius 1 is 1.53 bits per heavy atom. The van der Waals surface area contributed by atoms with Crippen molar-refractivity contribution in [3.05, 3.63) is 36.3 Å². The van der Waals surface area contributed by atoms with Crippen molar-refractivity contribution in [2.75, 3.05) is 14.1 Å².